The van der Waals surface area contributed by atoms with Crippen molar-refractivity contribution < 1.29 is 104 Å². The first-order chi connectivity index (χ1) is 29.6. The van der Waals surface area contributed by atoms with Gasteiger partial charge >= 0.3 is 53.8 Å². The molecule has 64 heavy (non-hydrogen) atoms. The quantitative estimate of drug-likeness (QED) is 0.0504. The molecule has 0 bridgehead atoms. The fourth-order valence-corrected chi connectivity index (χ4v) is 8.10. The van der Waals surface area contributed by atoms with Crippen LogP contribution in [-0.4, -0.2) is 51.7 Å². The van der Waals surface area contributed by atoms with Gasteiger partial charge in [0.25, 0.3) is 0 Å². The number of carbonyl (C=O) groups excluding carboxylic acids is 1. The molecule has 2 atom stereocenters. The minimum absolute atomic E-state index is 0. The van der Waals surface area contributed by atoms with Gasteiger partial charge in [0.1, 0.15) is 11.5 Å². The zero-order valence-electron chi connectivity index (χ0n) is 36.3. The summed E-state index contributed by atoms with van der Waals surface area (Å²) in [5, 5.41) is 30.0. The Bertz CT molecular complexity index is 2370. The van der Waals surface area contributed by atoms with E-state index in [2.05, 4.69) is 10.3 Å². The predicted octanol–water partition coefficient (Wildman–Crippen LogP) is 8.95. The number of ether oxygens (including phenoxy) is 3. The largest absolute Gasteiger partial charge is 1.00 e. The molecule has 0 radical (unpaired) electrons. The van der Waals surface area contributed by atoms with Crippen molar-refractivity contribution in [2.75, 3.05) is 13.7 Å². The number of aliphatic carboxylic acids is 1. The standard InChI is InChI=1S/C22H24F3NO4S.C20H20F3NO4S.CH4O.Na.H2O/c1-4-7-13-11-16-19(30-26-20(16)22(23,24)25)15(8-5-2)17(13)29-18(21(27)28-6-3)14-9-10-31-12-14;1-3-5-11-9-14-17(28-24-18(14)20(21,22)23)13(6-4-2)15(11)27-16(19(25)26)12-7-8-29-10-12;1-2;;/h9-12,18H,4-8H2,1-3H3;7-10,16H,3-6H2,1-2H3,(H,25,26);2H,1H3;;1H2/q;;;+1;/p-1. The minimum Gasteiger partial charge on any atom is -0.870 e. The van der Waals surface area contributed by atoms with Gasteiger partial charge in [0.15, 0.2) is 22.6 Å². The zero-order valence-corrected chi connectivity index (χ0v) is 39.9. The molecule has 0 fully saturated rings. The molecule has 4 heterocycles. The van der Waals surface area contributed by atoms with E-state index in [1.165, 1.54) is 34.8 Å². The van der Waals surface area contributed by atoms with Gasteiger partial charge in [-0.15, -0.1) is 0 Å². The van der Waals surface area contributed by atoms with Crippen molar-refractivity contribution in [2.45, 2.75) is 111 Å². The Morgan fingerprint density at radius 3 is 1.41 bits per heavy atom. The Labute approximate surface area is 395 Å². The Kier molecular flexibility index (Phi) is 22.3. The number of alkyl halides is 6. The number of hydrogen-bond donors (Lipinski definition) is 2. The third kappa shape index (κ3) is 13.2. The fraction of sp³-hybridized carbons (Fsp3) is 0.442. The van der Waals surface area contributed by atoms with Gasteiger partial charge in [0.05, 0.1) is 17.4 Å². The third-order valence-electron chi connectivity index (χ3n) is 9.24. The number of rotatable bonds is 17. The number of nitrogens with zero attached hydrogens (tertiary/aromatic N) is 2. The molecule has 0 saturated heterocycles. The number of thiophene rings is 2. The van der Waals surface area contributed by atoms with Gasteiger partial charge in [-0.2, -0.15) is 49.0 Å². The summed E-state index contributed by atoms with van der Waals surface area (Å²) in [5.41, 5.74) is 0.984. The van der Waals surface area contributed by atoms with Crippen molar-refractivity contribution in [3.63, 3.8) is 0 Å². The maximum Gasteiger partial charge on any atom is 1.00 e. The summed E-state index contributed by atoms with van der Waals surface area (Å²) in [6.07, 6.45) is -7.31. The smallest absolute Gasteiger partial charge is 0.870 e. The molecule has 12 nitrogen and oxygen atoms in total. The summed E-state index contributed by atoms with van der Waals surface area (Å²) in [4.78, 5) is 24.5. The van der Waals surface area contributed by atoms with Gasteiger partial charge in [-0.1, -0.05) is 63.7 Å². The number of aryl methyl sites for hydroxylation is 4. The summed E-state index contributed by atoms with van der Waals surface area (Å²) >= 11 is 2.75. The summed E-state index contributed by atoms with van der Waals surface area (Å²) in [6.45, 7) is 9.48. The van der Waals surface area contributed by atoms with Crippen LogP contribution in [0.3, 0.4) is 0 Å². The van der Waals surface area contributed by atoms with Crippen LogP contribution in [0.15, 0.2) is 54.8 Å². The first kappa shape index (κ1) is 56.0. The number of carbonyl (C=O) groups is 2. The van der Waals surface area contributed by atoms with E-state index in [-0.39, 0.29) is 69.3 Å². The van der Waals surface area contributed by atoms with Crippen LogP contribution in [0.25, 0.3) is 21.9 Å². The molecule has 0 aliphatic carbocycles. The fourth-order valence-electron chi connectivity index (χ4n) is 6.75. The summed E-state index contributed by atoms with van der Waals surface area (Å²) in [6, 6.07) is 6.19. The van der Waals surface area contributed by atoms with Crippen LogP contribution in [0, 0.1) is 0 Å². The van der Waals surface area contributed by atoms with Crippen LogP contribution < -0.4 is 39.0 Å². The van der Waals surface area contributed by atoms with Gasteiger partial charge in [-0.25, -0.2) is 9.59 Å². The van der Waals surface area contributed by atoms with Crippen LogP contribution in [0.5, 0.6) is 11.5 Å². The molecule has 346 valence electrons. The van der Waals surface area contributed by atoms with Crippen molar-refractivity contribution >= 4 is 56.6 Å². The SMILES string of the molecule is CCCc1cc2c(C(F)(F)F)noc2c(CCC)c1OC(C(=O)O)c1ccsc1.CCCc1cc2c(C(F)(F)F)noc2c(CCC)c1OC(C(=O)OCC)c1ccsc1.CO.[Na+].[OH-]. The topological polar surface area (TPSA) is 184 Å². The molecule has 0 amide bonds. The Morgan fingerprint density at radius 2 is 1.08 bits per heavy atom. The number of aromatic nitrogens is 2. The second kappa shape index (κ2) is 25.5. The average molecular weight is 955 g/mol. The number of hydrogen-bond acceptors (Lipinski definition) is 13. The van der Waals surface area contributed by atoms with Crippen LogP contribution >= 0.6 is 22.7 Å². The van der Waals surface area contributed by atoms with E-state index in [4.69, 9.17) is 28.4 Å². The number of aliphatic hydroxyl groups excluding tert-OH is 1. The minimum atomic E-state index is -4.65. The van der Waals surface area contributed by atoms with Crippen molar-refractivity contribution in [3.05, 3.63) is 90.6 Å². The molecule has 0 saturated carbocycles. The molecule has 6 aromatic rings. The number of benzene rings is 2. The number of carboxylic acid groups (broad SMARTS) is 1. The Hall–Kier alpha value is -4.18. The number of fused-ring (bicyclic) bond motifs is 2. The molecule has 0 spiro atoms. The number of aliphatic hydroxyl groups is 1. The van der Waals surface area contributed by atoms with Crippen LogP contribution in [0.2, 0.25) is 0 Å². The molecule has 0 aliphatic heterocycles. The molecule has 3 N–H and O–H groups in total. The Balaban J connectivity index is 0.000000412. The molecule has 21 heteroatoms. The molecule has 2 unspecified atom stereocenters. The zero-order chi connectivity index (χ0) is 45.8. The first-order valence-corrected chi connectivity index (χ1v) is 21.7. The average Bonchev–Trinajstić information content (AvgIpc) is 4.06. The molecule has 2 aromatic carbocycles. The predicted molar refractivity (Wildman–Crippen MR) is 224 cm³/mol. The maximum absolute atomic E-state index is 13.5. The second-order valence-electron chi connectivity index (χ2n) is 13.7. The number of esters is 1. The normalized spacial score (nSPS) is 12.2. The first-order valence-electron chi connectivity index (χ1n) is 19.8. The summed E-state index contributed by atoms with van der Waals surface area (Å²) in [7, 11) is 1.00. The summed E-state index contributed by atoms with van der Waals surface area (Å²) in [5.74, 6) is -1.10. The molecular formula is C43H49F6N2NaO10S2. The molecule has 0 aliphatic rings. The van der Waals surface area contributed by atoms with Gasteiger partial charge < -0.3 is 38.9 Å². The van der Waals surface area contributed by atoms with Gasteiger partial charge in [0.2, 0.25) is 12.2 Å². The van der Waals surface area contributed by atoms with Crippen molar-refractivity contribution in [1.29, 1.82) is 0 Å². The number of halogens is 6. The third-order valence-corrected chi connectivity index (χ3v) is 10.6. The van der Waals surface area contributed by atoms with Crippen molar-refractivity contribution in [1.82, 2.24) is 10.3 Å². The van der Waals surface area contributed by atoms with E-state index in [1.54, 1.807) is 35.2 Å². The van der Waals surface area contributed by atoms with Crippen molar-refractivity contribution in [2.24, 2.45) is 0 Å². The van der Waals surface area contributed by atoms with Crippen LogP contribution in [0.4, 0.5) is 26.3 Å². The van der Waals surface area contributed by atoms with E-state index in [9.17, 15) is 41.0 Å². The van der Waals surface area contributed by atoms with Gasteiger partial charge in [-0.05, 0) is 89.5 Å². The van der Waals surface area contributed by atoms with E-state index in [1.807, 2.05) is 33.1 Å². The molecule has 4 aromatic heterocycles. The van der Waals surface area contributed by atoms with E-state index in [0.29, 0.717) is 90.5 Å². The van der Waals surface area contributed by atoms with E-state index < -0.39 is 47.9 Å². The molecule has 6 rings (SSSR count). The monoisotopic (exact) mass is 954 g/mol. The Morgan fingerprint density at radius 1 is 0.688 bits per heavy atom. The second-order valence-corrected chi connectivity index (χ2v) is 15.3. The summed E-state index contributed by atoms with van der Waals surface area (Å²) < 4.78 is 108. The van der Waals surface area contributed by atoms with Crippen LogP contribution in [0.1, 0.15) is 117 Å². The van der Waals surface area contributed by atoms with Crippen molar-refractivity contribution in [3.8, 4) is 11.5 Å². The number of carboxylic acids is 1. The van der Waals surface area contributed by atoms with E-state index >= 15 is 0 Å². The molecular weight excluding hydrogens is 906 g/mol. The van der Waals surface area contributed by atoms with Gasteiger partial charge in [0, 0.05) is 29.4 Å². The van der Waals surface area contributed by atoms with Crippen LogP contribution in [-0.2, 0) is 52.4 Å². The van der Waals surface area contributed by atoms with Gasteiger partial charge in [-0.3, -0.25) is 0 Å². The van der Waals surface area contributed by atoms with E-state index in [0.717, 1.165) is 7.11 Å². The maximum atomic E-state index is 13.5.